The molecule has 2 aromatic rings. The van der Waals surface area contributed by atoms with Gasteiger partial charge < -0.3 is 5.32 Å². The average Bonchev–Trinajstić information content (AvgIpc) is 2.43. The highest BCUT2D eigenvalue weighted by molar-refractivity contribution is 9.10. The molecule has 8 heteroatoms. The highest BCUT2D eigenvalue weighted by Gasteiger charge is 2.19. The molecule has 0 atom stereocenters. The number of benzene rings is 2. The first-order valence-corrected chi connectivity index (χ1v) is 6.38. The van der Waals surface area contributed by atoms with Gasteiger partial charge in [0.05, 0.1) is 21.0 Å². The predicted molar refractivity (Wildman–Crippen MR) is 75.1 cm³/mol. The van der Waals surface area contributed by atoms with Crippen LogP contribution in [-0.4, -0.2) is 10.8 Å². The van der Waals surface area contributed by atoms with Crippen molar-refractivity contribution in [3.05, 3.63) is 68.2 Å². The summed E-state index contributed by atoms with van der Waals surface area (Å²) in [6.07, 6.45) is 0. The average molecular weight is 357 g/mol. The van der Waals surface area contributed by atoms with Crippen molar-refractivity contribution in [2.24, 2.45) is 0 Å². The number of nitrogens with zero attached hydrogens (tertiary/aromatic N) is 1. The van der Waals surface area contributed by atoms with Crippen molar-refractivity contribution in [1.29, 1.82) is 0 Å². The van der Waals surface area contributed by atoms with Gasteiger partial charge in [-0.3, -0.25) is 14.9 Å². The van der Waals surface area contributed by atoms with Crippen molar-refractivity contribution < 1.29 is 18.5 Å². The Bertz CT molecular complexity index is 737. The van der Waals surface area contributed by atoms with E-state index < -0.39 is 28.2 Å². The molecule has 2 aromatic carbocycles. The Hall–Kier alpha value is -2.35. The van der Waals surface area contributed by atoms with Gasteiger partial charge in [-0.1, -0.05) is 6.07 Å². The molecule has 0 unspecified atom stereocenters. The van der Waals surface area contributed by atoms with Crippen LogP contribution in [0.1, 0.15) is 10.4 Å². The Morgan fingerprint density at radius 3 is 2.62 bits per heavy atom. The molecule has 0 bridgehead atoms. The Balaban J connectivity index is 2.36. The van der Waals surface area contributed by atoms with Crippen LogP contribution in [0.5, 0.6) is 0 Å². The minimum Gasteiger partial charge on any atom is -0.316 e. The molecular weight excluding hydrogens is 350 g/mol. The number of carbonyl (C=O) groups is 1. The summed E-state index contributed by atoms with van der Waals surface area (Å²) in [5, 5.41) is 13.1. The van der Waals surface area contributed by atoms with Gasteiger partial charge in [-0.25, -0.2) is 8.78 Å². The Morgan fingerprint density at radius 1 is 1.24 bits per heavy atom. The summed E-state index contributed by atoms with van der Waals surface area (Å²) in [7, 11) is 0. The molecule has 21 heavy (non-hydrogen) atoms. The van der Waals surface area contributed by atoms with Crippen LogP contribution in [0.15, 0.2) is 40.9 Å². The minimum absolute atomic E-state index is 0.0337. The molecule has 0 radical (unpaired) electrons. The number of nitrogens with one attached hydrogen (secondary N) is 1. The molecule has 5 nitrogen and oxygen atoms in total. The van der Waals surface area contributed by atoms with Crippen molar-refractivity contribution >= 4 is 33.2 Å². The van der Waals surface area contributed by atoms with E-state index in [-0.39, 0.29) is 15.7 Å². The number of nitro groups is 1. The first kappa shape index (κ1) is 15.0. The van der Waals surface area contributed by atoms with Gasteiger partial charge in [0, 0.05) is 0 Å². The van der Waals surface area contributed by atoms with Gasteiger partial charge in [0.25, 0.3) is 11.6 Å². The van der Waals surface area contributed by atoms with Crippen LogP contribution in [0, 0.1) is 21.7 Å². The van der Waals surface area contributed by atoms with Crippen LogP contribution in [0.4, 0.5) is 20.2 Å². The number of rotatable bonds is 3. The van der Waals surface area contributed by atoms with Crippen molar-refractivity contribution in [2.45, 2.75) is 0 Å². The number of hydrogen-bond donors (Lipinski definition) is 1. The van der Waals surface area contributed by atoms with Gasteiger partial charge in [0.1, 0.15) is 17.3 Å². The molecule has 0 saturated heterocycles. The fourth-order valence-corrected chi connectivity index (χ4v) is 2.07. The zero-order chi connectivity index (χ0) is 15.6. The van der Waals surface area contributed by atoms with Crippen LogP contribution in [0.3, 0.4) is 0 Å². The lowest BCUT2D eigenvalue weighted by Crippen LogP contribution is -2.14. The second-order valence-electron chi connectivity index (χ2n) is 3.97. The molecule has 0 aliphatic rings. The zero-order valence-electron chi connectivity index (χ0n) is 10.3. The first-order chi connectivity index (χ1) is 9.90. The lowest BCUT2D eigenvalue weighted by Gasteiger charge is -2.08. The summed E-state index contributed by atoms with van der Waals surface area (Å²) in [4.78, 5) is 22.0. The number of amides is 1. The maximum atomic E-state index is 13.4. The third-order valence-corrected chi connectivity index (χ3v) is 3.41. The fourth-order valence-electron chi connectivity index (χ4n) is 1.63. The normalized spacial score (nSPS) is 10.2. The van der Waals surface area contributed by atoms with Gasteiger partial charge in [0.2, 0.25) is 0 Å². The zero-order valence-corrected chi connectivity index (χ0v) is 11.9. The second-order valence-corrected chi connectivity index (χ2v) is 4.77. The second kappa shape index (κ2) is 5.96. The molecule has 0 aromatic heterocycles. The Morgan fingerprint density at radius 2 is 1.95 bits per heavy atom. The van der Waals surface area contributed by atoms with Crippen molar-refractivity contribution in [3.8, 4) is 0 Å². The first-order valence-electron chi connectivity index (χ1n) is 5.59. The molecule has 0 fully saturated rings. The van der Waals surface area contributed by atoms with Gasteiger partial charge in [0.15, 0.2) is 0 Å². The smallest absolute Gasteiger partial charge is 0.295 e. The largest absolute Gasteiger partial charge is 0.316 e. The molecular formula is C13H7BrF2N2O3. The minimum atomic E-state index is -0.820. The van der Waals surface area contributed by atoms with Crippen molar-refractivity contribution in [2.75, 3.05) is 5.32 Å². The summed E-state index contributed by atoms with van der Waals surface area (Å²) in [5.74, 6) is -2.20. The molecule has 108 valence electrons. The van der Waals surface area contributed by atoms with E-state index in [4.69, 9.17) is 0 Å². The Kier molecular flexibility index (Phi) is 4.27. The van der Waals surface area contributed by atoms with Gasteiger partial charge in [-0.15, -0.1) is 0 Å². The van der Waals surface area contributed by atoms with E-state index in [9.17, 15) is 23.7 Å². The van der Waals surface area contributed by atoms with E-state index in [0.717, 1.165) is 18.2 Å². The van der Waals surface area contributed by atoms with Crippen LogP contribution in [0.25, 0.3) is 0 Å². The lowest BCUT2D eigenvalue weighted by atomic mass is 10.2. The number of carbonyl (C=O) groups excluding carboxylic acids is 1. The number of nitro benzene ring substituents is 1. The van der Waals surface area contributed by atoms with Crippen LogP contribution in [-0.2, 0) is 0 Å². The lowest BCUT2D eigenvalue weighted by molar-refractivity contribution is -0.384. The maximum Gasteiger partial charge on any atom is 0.295 e. The number of hydrogen-bond acceptors (Lipinski definition) is 3. The monoisotopic (exact) mass is 356 g/mol. The quantitative estimate of drug-likeness (QED) is 0.669. The molecule has 2 rings (SSSR count). The number of halogens is 3. The van der Waals surface area contributed by atoms with E-state index in [0.29, 0.717) is 6.07 Å². The molecule has 0 aliphatic carbocycles. The van der Waals surface area contributed by atoms with Gasteiger partial charge >= 0.3 is 0 Å². The molecule has 1 amide bonds. The summed E-state index contributed by atoms with van der Waals surface area (Å²) in [6, 6.07) is 6.56. The summed E-state index contributed by atoms with van der Waals surface area (Å²) in [5.41, 5.74) is -0.799. The highest BCUT2D eigenvalue weighted by Crippen LogP contribution is 2.27. The summed E-state index contributed by atoms with van der Waals surface area (Å²) < 4.78 is 26.3. The van der Waals surface area contributed by atoms with Crippen LogP contribution < -0.4 is 5.32 Å². The topological polar surface area (TPSA) is 72.2 Å². The van der Waals surface area contributed by atoms with Crippen molar-refractivity contribution in [3.63, 3.8) is 0 Å². The van der Waals surface area contributed by atoms with Crippen LogP contribution in [0.2, 0.25) is 0 Å². The van der Waals surface area contributed by atoms with Gasteiger partial charge in [-0.2, -0.15) is 0 Å². The molecule has 0 aliphatic heterocycles. The molecule has 0 spiro atoms. The van der Waals surface area contributed by atoms with Crippen LogP contribution >= 0.6 is 15.9 Å². The fraction of sp³-hybridized carbons (Fsp3) is 0. The molecule has 0 heterocycles. The molecule has 0 saturated carbocycles. The third-order valence-electron chi connectivity index (χ3n) is 2.60. The Labute approximate surface area is 125 Å². The SMILES string of the molecule is O=C(Nc1ccc(F)cc1[N+](=O)[O-])c1cccc(F)c1Br. The summed E-state index contributed by atoms with van der Waals surface area (Å²) in [6.45, 7) is 0. The van der Waals surface area contributed by atoms with E-state index >= 15 is 0 Å². The van der Waals surface area contributed by atoms with E-state index in [1.807, 2.05) is 0 Å². The summed E-state index contributed by atoms with van der Waals surface area (Å²) >= 11 is 2.92. The third kappa shape index (κ3) is 3.22. The number of anilines is 1. The van der Waals surface area contributed by atoms with Gasteiger partial charge in [-0.05, 0) is 40.2 Å². The predicted octanol–water partition coefficient (Wildman–Crippen LogP) is 3.89. The van der Waals surface area contributed by atoms with Crippen molar-refractivity contribution in [1.82, 2.24) is 0 Å². The maximum absolute atomic E-state index is 13.4. The highest BCUT2D eigenvalue weighted by atomic mass is 79.9. The van der Waals surface area contributed by atoms with E-state index in [2.05, 4.69) is 21.2 Å². The van der Waals surface area contributed by atoms with E-state index in [1.54, 1.807) is 0 Å². The van der Waals surface area contributed by atoms with E-state index in [1.165, 1.54) is 12.1 Å². The molecule has 1 N–H and O–H groups in total. The standard InChI is InChI=1S/C13H7BrF2N2O3/c14-12-8(2-1-3-9(12)16)13(19)17-10-5-4-7(15)6-11(10)18(20)21/h1-6H,(H,17,19).